The zero-order valence-corrected chi connectivity index (χ0v) is 13.4. The van der Waals surface area contributed by atoms with Gasteiger partial charge in [-0.1, -0.05) is 30.3 Å². The number of carbonyl (C=O) groups excluding carboxylic acids is 1. The van der Waals surface area contributed by atoms with Crippen molar-refractivity contribution >= 4 is 17.2 Å². The lowest BCUT2D eigenvalue weighted by atomic mass is 10.1. The van der Waals surface area contributed by atoms with E-state index in [1.165, 1.54) is 6.42 Å². The Bertz CT molecular complexity index is 605. The Labute approximate surface area is 135 Å². The fourth-order valence-electron chi connectivity index (χ4n) is 2.69. The third-order valence-electron chi connectivity index (χ3n) is 3.87. The molecule has 1 amide bonds. The summed E-state index contributed by atoms with van der Waals surface area (Å²) in [7, 11) is 0. The molecule has 0 bridgehead atoms. The lowest BCUT2D eigenvalue weighted by molar-refractivity contribution is -0.121. The van der Waals surface area contributed by atoms with Crippen LogP contribution in [0.1, 0.15) is 25.0 Å². The third kappa shape index (κ3) is 4.15. The van der Waals surface area contributed by atoms with Crippen LogP contribution in [0.3, 0.4) is 0 Å². The molecule has 0 radical (unpaired) electrons. The van der Waals surface area contributed by atoms with Gasteiger partial charge >= 0.3 is 0 Å². The van der Waals surface area contributed by atoms with Gasteiger partial charge in [-0.2, -0.15) is 0 Å². The summed E-state index contributed by atoms with van der Waals surface area (Å²) in [6, 6.07) is 10.6. The summed E-state index contributed by atoms with van der Waals surface area (Å²) in [5.74, 6) is 0.137. The first-order valence-electron chi connectivity index (χ1n) is 7.81. The van der Waals surface area contributed by atoms with E-state index in [2.05, 4.69) is 33.1 Å². The highest BCUT2D eigenvalue weighted by Crippen LogP contribution is 2.23. The van der Waals surface area contributed by atoms with Crippen molar-refractivity contribution < 1.29 is 4.79 Å². The van der Waals surface area contributed by atoms with E-state index in [9.17, 15) is 4.79 Å². The summed E-state index contributed by atoms with van der Waals surface area (Å²) >= 11 is 1.65. The van der Waals surface area contributed by atoms with Crippen molar-refractivity contribution in [1.82, 2.24) is 15.6 Å². The normalized spacial score (nSPS) is 17.5. The molecule has 1 fully saturated rings. The average molecular weight is 315 g/mol. The highest BCUT2D eigenvalue weighted by atomic mass is 32.1. The number of amides is 1. The molecule has 1 aromatic heterocycles. The maximum Gasteiger partial charge on any atom is 0.221 e. The minimum atomic E-state index is 0.137. The van der Waals surface area contributed by atoms with Crippen LogP contribution in [-0.4, -0.2) is 30.0 Å². The van der Waals surface area contributed by atoms with Crippen LogP contribution in [0.2, 0.25) is 0 Å². The van der Waals surface area contributed by atoms with Gasteiger partial charge in [-0.05, 0) is 19.4 Å². The molecule has 1 saturated heterocycles. The molecule has 1 unspecified atom stereocenters. The van der Waals surface area contributed by atoms with Crippen LogP contribution in [0, 0.1) is 0 Å². The molecular formula is C17H21N3OS. The Hall–Kier alpha value is -1.72. The van der Waals surface area contributed by atoms with Crippen LogP contribution < -0.4 is 10.6 Å². The smallest absolute Gasteiger partial charge is 0.221 e. The quantitative estimate of drug-likeness (QED) is 0.861. The Morgan fingerprint density at radius 2 is 2.23 bits per heavy atom. The number of nitrogens with zero attached hydrogens (tertiary/aromatic N) is 1. The summed E-state index contributed by atoms with van der Waals surface area (Å²) < 4.78 is 0. The maximum absolute atomic E-state index is 11.8. The molecule has 5 heteroatoms. The number of hydrogen-bond acceptors (Lipinski definition) is 4. The first kappa shape index (κ1) is 15.2. The molecule has 22 heavy (non-hydrogen) atoms. The highest BCUT2D eigenvalue weighted by molar-refractivity contribution is 7.13. The number of thiazole rings is 1. The Morgan fingerprint density at radius 3 is 3.00 bits per heavy atom. The predicted octanol–water partition coefficient (Wildman–Crippen LogP) is 2.61. The zero-order chi connectivity index (χ0) is 15.2. The molecule has 2 aromatic rings. The molecule has 4 nitrogen and oxygen atoms in total. The number of rotatable bonds is 6. The molecular weight excluding hydrogens is 294 g/mol. The van der Waals surface area contributed by atoms with Crippen molar-refractivity contribution in [2.24, 2.45) is 0 Å². The molecule has 1 aliphatic heterocycles. The molecule has 1 aromatic carbocycles. The van der Waals surface area contributed by atoms with Gasteiger partial charge < -0.3 is 10.6 Å². The Morgan fingerprint density at radius 1 is 1.36 bits per heavy atom. The number of hydrogen-bond donors (Lipinski definition) is 2. The van der Waals surface area contributed by atoms with Gasteiger partial charge in [-0.3, -0.25) is 4.79 Å². The van der Waals surface area contributed by atoms with Crippen LogP contribution in [0.5, 0.6) is 0 Å². The van der Waals surface area contributed by atoms with Gasteiger partial charge in [-0.15, -0.1) is 11.3 Å². The molecule has 2 N–H and O–H groups in total. The van der Waals surface area contributed by atoms with E-state index in [1.54, 1.807) is 11.3 Å². The van der Waals surface area contributed by atoms with E-state index in [0.29, 0.717) is 19.0 Å². The van der Waals surface area contributed by atoms with Crippen LogP contribution in [0.4, 0.5) is 0 Å². The third-order valence-corrected chi connectivity index (χ3v) is 4.81. The lowest BCUT2D eigenvalue weighted by Gasteiger charge is -2.09. The second-order valence-electron chi connectivity index (χ2n) is 5.61. The summed E-state index contributed by atoms with van der Waals surface area (Å²) in [6.45, 7) is 1.70. The highest BCUT2D eigenvalue weighted by Gasteiger charge is 2.17. The van der Waals surface area contributed by atoms with Crippen LogP contribution in [0.15, 0.2) is 35.7 Å². The van der Waals surface area contributed by atoms with Crippen LogP contribution in [0.25, 0.3) is 10.6 Å². The fraction of sp³-hybridized carbons (Fsp3) is 0.412. The monoisotopic (exact) mass is 315 g/mol. The van der Waals surface area contributed by atoms with Gasteiger partial charge in [0, 0.05) is 36.4 Å². The van der Waals surface area contributed by atoms with Gasteiger partial charge in [0.25, 0.3) is 0 Å². The summed E-state index contributed by atoms with van der Waals surface area (Å²) in [6.07, 6.45) is 3.67. The van der Waals surface area contributed by atoms with Crippen molar-refractivity contribution in [3.05, 3.63) is 41.4 Å². The summed E-state index contributed by atoms with van der Waals surface area (Å²) in [5.41, 5.74) is 2.19. The maximum atomic E-state index is 11.8. The molecule has 0 saturated carbocycles. The predicted molar refractivity (Wildman–Crippen MR) is 89.9 cm³/mol. The number of benzene rings is 1. The lowest BCUT2D eigenvalue weighted by Crippen LogP contribution is -2.32. The van der Waals surface area contributed by atoms with E-state index < -0.39 is 0 Å². The largest absolute Gasteiger partial charge is 0.356 e. The van der Waals surface area contributed by atoms with E-state index in [0.717, 1.165) is 35.7 Å². The second kappa shape index (κ2) is 7.51. The standard InChI is InChI=1S/C17H21N3OS/c21-16(11-14-7-4-9-18-14)19-10-8-15-12-22-17(20-15)13-5-2-1-3-6-13/h1-3,5-6,12,14,18H,4,7-11H2,(H,19,21). The van der Waals surface area contributed by atoms with Gasteiger partial charge in [0.15, 0.2) is 0 Å². The molecule has 116 valence electrons. The Kier molecular flexibility index (Phi) is 5.19. The molecule has 2 heterocycles. The number of aromatic nitrogens is 1. The van der Waals surface area contributed by atoms with Gasteiger partial charge in [0.1, 0.15) is 5.01 Å². The molecule has 1 atom stereocenters. The minimum absolute atomic E-state index is 0.137. The second-order valence-corrected chi connectivity index (χ2v) is 6.47. The Balaban J connectivity index is 1.44. The van der Waals surface area contributed by atoms with Crippen molar-refractivity contribution in [3.63, 3.8) is 0 Å². The molecule has 1 aliphatic rings. The van der Waals surface area contributed by atoms with Crippen molar-refractivity contribution in [2.75, 3.05) is 13.1 Å². The van der Waals surface area contributed by atoms with Crippen molar-refractivity contribution in [3.8, 4) is 10.6 Å². The van der Waals surface area contributed by atoms with E-state index in [1.807, 2.05) is 18.2 Å². The van der Waals surface area contributed by atoms with E-state index in [-0.39, 0.29) is 5.91 Å². The van der Waals surface area contributed by atoms with E-state index in [4.69, 9.17) is 0 Å². The van der Waals surface area contributed by atoms with Gasteiger partial charge in [-0.25, -0.2) is 4.98 Å². The molecule has 3 rings (SSSR count). The molecule has 0 spiro atoms. The van der Waals surface area contributed by atoms with Gasteiger partial charge in [0.2, 0.25) is 5.91 Å². The van der Waals surface area contributed by atoms with Crippen molar-refractivity contribution in [2.45, 2.75) is 31.7 Å². The summed E-state index contributed by atoms with van der Waals surface area (Å²) in [5, 5.41) is 9.45. The first-order chi connectivity index (χ1) is 10.8. The van der Waals surface area contributed by atoms with Crippen LogP contribution >= 0.6 is 11.3 Å². The summed E-state index contributed by atoms with van der Waals surface area (Å²) in [4.78, 5) is 16.5. The van der Waals surface area contributed by atoms with E-state index >= 15 is 0 Å². The minimum Gasteiger partial charge on any atom is -0.356 e. The van der Waals surface area contributed by atoms with Crippen LogP contribution in [-0.2, 0) is 11.2 Å². The SMILES string of the molecule is O=C(CC1CCCN1)NCCc1csc(-c2ccccc2)n1. The molecule has 0 aliphatic carbocycles. The fourth-order valence-corrected chi connectivity index (χ4v) is 3.55. The zero-order valence-electron chi connectivity index (χ0n) is 12.5. The number of nitrogens with one attached hydrogen (secondary N) is 2. The van der Waals surface area contributed by atoms with Crippen molar-refractivity contribution in [1.29, 1.82) is 0 Å². The average Bonchev–Trinajstić information content (AvgIpc) is 3.20. The topological polar surface area (TPSA) is 54.0 Å². The first-order valence-corrected chi connectivity index (χ1v) is 8.69. The number of carbonyl (C=O) groups is 1. The van der Waals surface area contributed by atoms with Gasteiger partial charge in [0.05, 0.1) is 5.69 Å².